The second kappa shape index (κ2) is 9.69. The molecule has 0 aliphatic heterocycles. The molecule has 0 aliphatic rings. The van der Waals surface area contributed by atoms with Gasteiger partial charge in [0.25, 0.3) is 5.91 Å². The molecule has 0 fully saturated rings. The highest BCUT2D eigenvalue weighted by atomic mass is 16.6. The molecule has 0 radical (unpaired) electrons. The number of amides is 1. The van der Waals surface area contributed by atoms with Gasteiger partial charge in [-0.3, -0.25) is 9.59 Å². The summed E-state index contributed by atoms with van der Waals surface area (Å²) >= 11 is 0. The smallest absolute Gasteiger partial charge is 0.344 e. The van der Waals surface area contributed by atoms with Gasteiger partial charge in [-0.2, -0.15) is 0 Å². The molecule has 2 rings (SSSR count). The van der Waals surface area contributed by atoms with E-state index >= 15 is 0 Å². The molecule has 0 bridgehead atoms. The first-order valence-electron chi connectivity index (χ1n) is 9.06. The number of ketones is 1. The predicted octanol–water partition coefficient (Wildman–Crippen LogP) is 3.88. The van der Waals surface area contributed by atoms with Crippen molar-refractivity contribution in [2.75, 3.05) is 18.5 Å². The van der Waals surface area contributed by atoms with E-state index in [0.717, 1.165) is 16.8 Å². The lowest BCUT2D eigenvalue weighted by Gasteiger charge is -2.16. The Bertz CT molecular complexity index is 856. The highest BCUT2D eigenvalue weighted by Crippen LogP contribution is 2.27. The van der Waals surface area contributed by atoms with Gasteiger partial charge in [0, 0.05) is 11.3 Å². The van der Waals surface area contributed by atoms with Crippen molar-refractivity contribution in [3.05, 3.63) is 59.2 Å². The maximum atomic E-state index is 12.2. The molecule has 0 spiro atoms. The molecule has 0 heterocycles. The monoisotopic (exact) mass is 383 g/mol. The first-order chi connectivity index (χ1) is 13.3. The number of rotatable bonds is 8. The zero-order chi connectivity index (χ0) is 20.7. The molecule has 0 aliphatic carbocycles. The number of nitrogens with one attached hydrogen (secondary N) is 1. The molecule has 0 unspecified atom stereocenters. The van der Waals surface area contributed by atoms with Crippen LogP contribution in [0.1, 0.15) is 48.2 Å². The zero-order valence-electron chi connectivity index (χ0n) is 16.6. The summed E-state index contributed by atoms with van der Waals surface area (Å²) in [4.78, 5) is 35.2. The Hall–Kier alpha value is -3.15. The first kappa shape index (κ1) is 21.2. The van der Waals surface area contributed by atoms with E-state index in [4.69, 9.17) is 9.47 Å². The molecule has 0 atom stereocenters. The fourth-order valence-corrected chi connectivity index (χ4v) is 2.63. The van der Waals surface area contributed by atoms with Crippen molar-refractivity contribution < 1.29 is 23.9 Å². The van der Waals surface area contributed by atoms with Gasteiger partial charge >= 0.3 is 5.97 Å². The second-order valence-electron chi connectivity index (χ2n) is 6.77. The van der Waals surface area contributed by atoms with Crippen LogP contribution in [0.3, 0.4) is 0 Å². The van der Waals surface area contributed by atoms with Gasteiger partial charge in [0.15, 0.2) is 19.0 Å². The van der Waals surface area contributed by atoms with Crippen molar-refractivity contribution in [1.82, 2.24) is 0 Å². The number of benzene rings is 2. The molecule has 2 aromatic rings. The highest BCUT2D eigenvalue weighted by Gasteiger charge is 2.14. The maximum Gasteiger partial charge on any atom is 0.344 e. The molecule has 28 heavy (non-hydrogen) atoms. The summed E-state index contributed by atoms with van der Waals surface area (Å²) in [5.41, 5.74) is 3.28. The number of para-hydroxylation sites is 1. The summed E-state index contributed by atoms with van der Waals surface area (Å²) < 4.78 is 10.3. The van der Waals surface area contributed by atoms with Gasteiger partial charge in [0.05, 0.1) is 0 Å². The minimum Gasteiger partial charge on any atom is -0.482 e. The highest BCUT2D eigenvalue weighted by molar-refractivity contribution is 5.95. The lowest BCUT2D eigenvalue weighted by atomic mass is 9.98. The number of Topliss-reactive ketones (excluding diaryl/α,β-unsaturated/α-hetero) is 1. The molecule has 148 valence electrons. The average molecular weight is 383 g/mol. The molecular weight excluding hydrogens is 358 g/mol. The summed E-state index contributed by atoms with van der Waals surface area (Å²) in [5.74, 6) is -0.422. The average Bonchev–Trinajstić information content (AvgIpc) is 2.66. The summed E-state index contributed by atoms with van der Waals surface area (Å²) in [7, 11) is 0. The molecule has 0 saturated carbocycles. The molecule has 2 aromatic carbocycles. The lowest BCUT2D eigenvalue weighted by Crippen LogP contribution is -2.24. The quantitative estimate of drug-likeness (QED) is 0.553. The number of esters is 1. The Labute approximate surface area is 164 Å². The van der Waals surface area contributed by atoms with Crippen LogP contribution < -0.4 is 10.1 Å². The Morgan fingerprint density at radius 1 is 1.00 bits per heavy atom. The van der Waals surface area contributed by atoms with Crippen LogP contribution in [-0.2, 0) is 14.3 Å². The van der Waals surface area contributed by atoms with E-state index in [1.54, 1.807) is 24.3 Å². The van der Waals surface area contributed by atoms with Crippen LogP contribution in [0.15, 0.2) is 42.5 Å². The van der Waals surface area contributed by atoms with Gasteiger partial charge in [-0.1, -0.05) is 32.0 Å². The van der Waals surface area contributed by atoms with Crippen LogP contribution in [0.5, 0.6) is 5.75 Å². The third-order valence-corrected chi connectivity index (χ3v) is 4.17. The van der Waals surface area contributed by atoms with E-state index in [1.165, 1.54) is 6.92 Å². The van der Waals surface area contributed by atoms with Crippen LogP contribution in [-0.4, -0.2) is 30.9 Å². The van der Waals surface area contributed by atoms with E-state index in [-0.39, 0.29) is 18.3 Å². The van der Waals surface area contributed by atoms with E-state index < -0.39 is 18.5 Å². The maximum absolute atomic E-state index is 12.2. The fourth-order valence-electron chi connectivity index (χ4n) is 2.63. The standard InChI is InChI=1S/C22H25NO5/c1-14(2)19-7-5-6-15(3)22(19)23-20(25)12-28-21(26)13-27-18-10-8-17(9-11-18)16(4)24/h5-11,14H,12-13H2,1-4H3,(H,23,25). The number of aryl methyl sites for hydroxylation is 1. The molecular formula is C22H25NO5. The van der Waals surface area contributed by atoms with Gasteiger partial charge in [0.1, 0.15) is 5.75 Å². The molecule has 6 nitrogen and oxygen atoms in total. The van der Waals surface area contributed by atoms with Gasteiger partial charge < -0.3 is 14.8 Å². The van der Waals surface area contributed by atoms with Gasteiger partial charge in [-0.25, -0.2) is 4.79 Å². The Morgan fingerprint density at radius 2 is 1.68 bits per heavy atom. The summed E-state index contributed by atoms with van der Waals surface area (Å²) in [6.07, 6.45) is 0. The van der Waals surface area contributed by atoms with Crippen molar-refractivity contribution in [1.29, 1.82) is 0 Å². The topological polar surface area (TPSA) is 81.7 Å². The number of hydrogen-bond donors (Lipinski definition) is 1. The molecule has 0 aromatic heterocycles. The van der Waals surface area contributed by atoms with E-state index in [0.29, 0.717) is 11.3 Å². The number of anilines is 1. The number of hydrogen-bond acceptors (Lipinski definition) is 5. The molecule has 0 saturated heterocycles. The van der Waals surface area contributed by atoms with Crippen molar-refractivity contribution in [2.24, 2.45) is 0 Å². The minimum absolute atomic E-state index is 0.0498. The third kappa shape index (κ3) is 5.94. The number of carbonyl (C=O) groups excluding carboxylic acids is 3. The second-order valence-corrected chi connectivity index (χ2v) is 6.77. The Kier molecular flexibility index (Phi) is 7.32. The van der Waals surface area contributed by atoms with Crippen LogP contribution in [0.4, 0.5) is 5.69 Å². The molecule has 1 amide bonds. The summed E-state index contributed by atoms with van der Waals surface area (Å²) in [5, 5.41) is 2.82. The van der Waals surface area contributed by atoms with Crippen molar-refractivity contribution >= 4 is 23.3 Å². The van der Waals surface area contributed by atoms with Gasteiger partial charge in [-0.05, 0) is 55.2 Å². The van der Waals surface area contributed by atoms with Crippen LogP contribution in [0, 0.1) is 6.92 Å². The van der Waals surface area contributed by atoms with Crippen LogP contribution in [0.2, 0.25) is 0 Å². The minimum atomic E-state index is -0.653. The van der Waals surface area contributed by atoms with Gasteiger partial charge in [0.2, 0.25) is 0 Å². The van der Waals surface area contributed by atoms with Crippen molar-refractivity contribution in [3.8, 4) is 5.75 Å². The Balaban J connectivity index is 1.83. The lowest BCUT2D eigenvalue weighted by molar-refractivity contribution is -0.149. The number of carbonyl (C=O) groups is 3. The third-order valence-electron chi connectivity index (χ3n) is 4.17. The summed E-state index contributed by atoms with van der Waals surface area (Å²) in [6, 6.07) is 12.3. The van der Waals surface area contributed by atoms with Crippen LogP contribution in [0.25, 0.3) is 0 Å². The van der Waals surface area contributed by atoms with Crippen molar-refractivity contribution in [2.45, 2.75) is 33.6 Å². The summed E-state index contributed by atoms with van der Waals surface area (Å²) in [6.45, 7) is 6.76. The van der Waals surface area contributed by atoms with Gasteiger partial charge in [-0.15, -0.1) is 0 Å². The van der Waals surface area contributed by atoms with Crippen LogP contribution >= 0.6 is 0 Å². The van der Waals surface area contributed by atoms with E-state index in [2.05, 4.69) is 5.32 Å². The molecule has 6 heteroatoms. The first-order valence-corrected chi connectivity index (χ1v) is 9.06. The largest absolute Gasteiger partial charge is 0.482 e. The number of ether oxygens (including phenoxy) is 2. The normalized spacial score (nSPS) is 10.5. The van der Waals surface area contributed by atoms with E-state index in [1.807, 2.05) is 39.0 Å². The van der Waals surface area contributed by atoms with E-state index in [9.17, 15) is 14.4 Å². The Morgan fingerprint density at radius 3 is 2.29 bits per heavy atom. The zero-order valence-corrected chi connectivity index (χ0v) is 16.6. The van der Waals surface area contributed by atoms with Crippen molar-refractivity contribution in [3.63, 3.8) is 0 Å². The SMILES string of the molecule is CC(=O)c1ccc(OCC(=O)OCC(=O)Nc2c(C)cccc2C(C)C)cc1. The fraction of sp³-hybridized carbons (Fsp3) is 0.318. The molecule has 1 N–H and O–H groups in total. The predicted molar refractivity (Wildman–Crippen MR) is 107 cm³/mol.